The van der Waals surface area contributed by atoms with Gasteiger partial charge in [0, 0.05) is 34.6 Å². The summed E-state index contributed by atoms with van der Waals surface area (Å²) in [5.41, 5.74) is 0.937. The molecule has 2 N–H and O–H groups in total. The van der Waals surface area contributed by atoms with E-state index in [0.29, 0.717) is 11.3 Å². The number of benzene rings is 1. The molecule has 0 saturated carbocycles. The van der Waals surface area contributed by atoms with Gasteiger partial charge >= 0.3 is 5.63 Å². The molecule has 1 aromatic carbocycles. The van der Waals surface area contributed by atoms with Gasteiger partial charge in [0.2, 0.25) is 0 Å². The molecule has 0 spiro atoms. The number of hydrogen-bond donors (Lipinski definition) is 2. The Balaban J connectivity index is 1.70. The summed E-state index contributed by atoms with van der Waals surface area (Å²) in [5.74, 6) is 0.356. The zero-order valence-electron chi connectivity index (χ0n) is 18.2. The number of amides is 1. The van der Waals surface area contributed by atoms with Crippen LogP contribution in [0.3, 0.4) is 0 Å². The molecule has 0 radical (unpaired) electrons. The van der Waals surface area contributed by atoms with Crippen LogP contribution < -0.4 is 21.0 Å². The molecule has 1 aromatic heterocycles. The Bertz CT molecular complexity index is 945. The van der Waals surface area contributed by atoms with E-state index in [1.807, 2.05) is 19.1 Å². The highest BCUT2D eigenvalue weighted by molar-refractivity contribution is 5.83. The van der Waals surface area contributed by atoms with Crippen molar-refractivity contribution in [1.29, 1.82) is 0 Å². The number of hydrogen-bond acceptors (Lipinski definition) is 5. The summed E-state index contributed by atoms with van der Waals surface area (Å²) in [4.78, 5) is 24.5. The van der Waals surface area contributed by atoms with Crippen molar-refractivity contribution in [3.63, 3.8) is 0 Å². The predicted octanol–water partition coefficient (Wildman–Crippen LogP) is 3.55. The standard InChI is InChI=1S/C23H32N2O4/c1-7-15-10-20(26)29-19-11-17(8-9-18(15)19)28-14(2)21(27)24-16-12-22(3,4)25-23(5,6)13-16/h8-11,14,16,25H,7,12-13H2,1-6H3,(H,24,27). The molecule has 6 heteroatoms. The quantitative estimate of drug-likeness (QED) is 0.751. The molecule has 1 aliphatic heterocycles. The van der Waals surface area contributed by atoms with Gasteiger partial charge in [-0.1, -0.05) is 6.92 Å². The molecule has 2 aromatic rings. The molecule has 158 valence electrons. The van der Waals surface area contributed by atoms with E-state index in [9.17, 15) is 9.59 Å². The van der Waals surface area contributed by atoms with Gasteiger partial charge in [-0.3, -0.25) is 4.79 Å². The molecule has 2 heterocycles. The van der Waals surface area contributed by atoms with Gasteiger partial charge in [-0.2, -0.15) is 0 Å². The van der Waals surface area contributed by atoms with E-state index < -0.39 is 6.10 Å². The summed E-state index contributed by atoms with van der Waals surface area (Å²) in [6.45, 7) is 12.3. The second kappa shape index (κ2) is 7.82. The van der Waals surface area contributed by atoms with E-state index in [-0.39, 0.29) is 28.7 Å². The van der Waals surface area contributed by atoms with E-state index in [1.165, 1.54) is 6.07 Å². The third-order valence-electron chi connectivity index (χ3n) is 5.40. The van der Waals surface area contributed by atoms with Gasteiger partial charge in [0.25, 0.3) is 5.91 Å². The first-order valence-electron chi connectivity index (χ1n) is 10.3. The highest BCUT2D eigenvalue weighted by Crippen LogP contribution is 2.29. The maximum absolute atomic E-state index is 12.7. The summed E-state index contributed by atoms with van der Waals surface area (Å²) in [6.07, 6.45) is 1.80. The molecule has 1 unspecified atom stereocenters. The normalized spacial score (nSPS) is 19.7. The molecular formula is C23H32N2O4. The van der Waals surface area contributed by atoms with Gasteiger partial charge in [-0.05, 0) is 71.6 Å². The van der Waals surface area contributed by atoms with Crippen LogP contribution in [0, 0.1) is 0 Å². The zero-order chi connectivity index (χ0) is 21.4. The summed E-state index contributed by atoms with van der Waals surface area (Å²) in [6, 6.07) is 6.95. The monoisotopic (exact) mass is 400 g/mol. The summed E-state index contributed by atoms with van der Waals surface area (Å²) in [5, 5.41) is 7.64. The number of aryl methyl sites for hydroxylation is 1. The summed E-state index contributed by atoms with van der Waals surface area (Å²) >= 11 is 0. The minimum atomic E-state index is -0.658. The van der Waals surface area contributed by atoms with Crippen molar-refractivity contribution in [3.05, 3.63) is 40.2 Å². The van der Waals surface area contributed by atoms with Gasteiger partial charge in [0.1, 0.15) is 11.3 Å². The second-order valence-electron chi connectivity index (χ2n) is 9.37. The van der Waals surface area contributed by atoms with Gasteiger partial charge < -0.3 is 19.8 Å². The number of nitrogens with one attached hydrogen (secondary N) is 2. The Kier molecular flexibility index (Phi) is 5.77. The van der Waals surface area contributed by atoms with Crippen LogP contribution in [0.4, 0.5) is 0 Å². The molecule has 1 atom stereocenters. The van der Waals surface area contributed by atoms with E-state index in [2.05, 4.69) is 38.3 Å². The maximum Gasteiger partial charge on any atom is 0.336 e. The Morgan fingerprint density at radius 3 is 2.52 bits per heavy atom. The molecule has 1 amide bonds. The van der Waals surface area contributed by atoms with E-state index in [1.54, 1.807) is 13.0 Å². The average molecular weight is 401 g/mol. The van der Waals surface area contributed by atoms with Crippen LogP contribution >= 0.6 is 0 Å². The molecule has 0 bridgehead atoms. The topological polar surface area (TPSA) is 80.6 Å². The molecule has 6 nitrogen and oxygen atoms in total. The SMILES string of the molecule is CCc1cc(=O)oc2cc(OC(C)C(=O)NC3CC(C)(C)NC(C)(C)C3)ccc12. The maximum atomic E-state index is 12.7. The van der Waals surface area contributed by atoms with Crippen molar-refractivity contribution >= 4 is 16.9 Å². The van der Waals surface area contributed by atoms with Gasteiger partial charge in [-0.15, -0.1) is 0 Å². The van der Waals surface area contributed by atoms with Crippen LogP contribution in [0.25, 0.3) is 11.0 Å². The van der Waals surface area contributed by atoms with E-state index >= 15 is 0 Å². The first kappa shape index (κ1) is 21.4. The van der Waals surface area contributed by atoms with Gasteiger partial charge in [-0.25, -0.2) is 4.79 Å². The van der Waals surface area contributed by atoms with Crippen LogP contribution in [-0.4, -0.2) is 29.1 Å². The van der Waals surface area contributed by atoms with Gasteiger partial charge in [0.05, 0.1) is 0 Å². The van der Waals surface area contributed by atoms with Crippen molar-refractivity contribution in [2.45, 2.75) is 84.0 Å². The lowest BCUT2D eigenvalue weighted by Gasteiger charge is -2.46. The number of ether oxygens (including phenoxy) is 1. The van der Waals surface area contributed by atoms with Crippen LogP contribution in [0.1, 0.15) is 59.9 Å². The van der Waals surface area contributed by atoms with Crippen molar-refractivity contribution in [1.82, 2.24) is 10.6 Å². The predicted molar refractivity (Wildman–Crippen MR) is 114 cm³/mol. The third-order valence-corrected chi connectivity index (χ3v) is 5.40. The largest absolute Gasteiger partial charge is 0.481 e. The van der Waals surface area contributed by atoms with Crippen molar-refractivity contribution in [3.8, 4) is 5.75 Å². The lowest BCUT2D eigenvalue weighted by molar-refractivity contribution is -0.128. The number of fused-ring (bicyclic) bond motifs is 1. The number of carbonyl (C=O) groups is 1. The number of carbonyl (C=O) groups excluding carboxylic acids is 1. The smallest absolute Gasteiger partial charge is 0.336 e. The van der Waals surface area contributed by atoms with Gasteiger partial charge in [0.15, 0.2) is 6.10 Å². The summed E-state index contributed by atoms with van der Waals surface area (Å²) < 4.78 is 11.2. The molecule has 3 rings (SSSR count). The van der Waals surface area contributed by atoms with Crippen LogP contribution in [0.5, 0.6) is 5.75 Å². The number of rotatable bonds is 5. The first-order valence-corrected chi connectivity index (χ1v) is 10.3. The molecule has 1 aliphatic rings. The highest BCUT2D eigenvalue weighted by Gasteiger charge is 2.38. The Morgan fingerprint density at radius 1 is 1.24 bits per heavy atom. The van der Waals surface area contributed by atoms with Crippen molar-refractivity contribution < 1.29 is 13.9 Å². The molecule has 1 saturated heterocycles. The Morgan fingerprint density at radius 2 is 1.90 bits per heavy atom. The fourth-order valence-electron chi connectivity index (χ4n) is 4.58. The molecule has 0 aliphatic carbocycles. The minimum absolute atomic E-state index is 0.0450. The van der Waals surface area contributed by atoms with E-state index in [4.69, 9.17) is 9.15 Å². The molecule has 29 heavy (non-hydrogen) atoms. The van der Waals surface area contributed by atoms with Crippen molar-refractivity contribution in [2.75, 3.05) is 0 Å². The highest BCUT2D eigenvalue weighted by atomic mass is 16.5. The minimum Gasteiger partial charge on any atom is -0.481 e. The van der Waals surface area contributed by atoms with Crippen LogP contribution in [0.2, 0.25) is 0 Å². The summed E-state index contributed by atoms with van der Waals surface area (Å²) in [7, 11) is 0. The molecular weight excluding hydrogens is 368 g/mol. The fraction of sp³-hybridized carbons (Fsp3) is 0.565. The molecule has 1 fully saturated rings. The van der Waals surface area contributed by atoms with E-state index in [0.717, 1.165) is 30.2 Å². The van der Waals surface area contributed by atoms with Crippen LogP contribution in [-0.2, 0) is 11.2 Å². The average Bonchev–Trinajstić information content (AvgIpc) is 2.57. The fourth-order valence-corrected chi connectivity index (χ4v) is 4.58. The van der Waals surface area contributed by atoms with Crippen LogP contribution in [0.15, 0.2) is 33.5 Å². The third kappa shape index (κ3) is 5.18. The van der Waals surface area contributed by atoms with Crippen molar-refractivity contribution in [2.24, 2.45) is 0 Å². The second-order valence-corrected chi connectivity index (χ2v) is 9.37. The number of piperidine rings is 1. The Labute approximate surface area is 172 Å². The first-order chi connectivity index (χ1) is 13.5. The zero-order valence-corrected chi connectivity index (χ0v) is 18.2. The Hall–Kier alpha value is -2.34. The lowest BCUT2D eigenvalue weighted by Crippen LogP contribution is -2.62. The lowest BCUT2D eigenvalue weighted by atomic mass is 9.79.